The third-order valence-electron chi connectivity index (χ3n) is 4.10. The van der Waals surface area contributed by atoms with Gasteiger partial charge in [0, 0.05) is 19.1 Å². The van der Waals surface area contributed by atoms with Crippen molar-refractivity contribution >= 4 is 0 Å². The number of para-hydroxylation sites is 1. The van der Waals surface area contributed by atoms with Gasteiger partial charge >= 0.3 is 0 Å². The van der Waals surface area contributed by atoms with Gasteiger partial charge < -0.3 is 15.0 Å². The Morgan fingerprint density at radius 1 is 1.15 bits per heavy atom. The molecule has 1 aliphatic rings. The summed E-state index contributed by atoms with van der Waals surface area (Å²) >= 11 is 0. The summed E-state index contributed by atoms with van der Waals surface area (Å²) in [6.45, 7) is 4.06. The van der Waals surface area contributed by atoms with Gasteiger partial charge in [-0.15, -0.1) is 0 Å². The average molecular weight is 276 g/mol. The van der Waals surface area contributed by atoms with Crippen LogP contribution in [0.25, 0.3) is 0 Å². The van der Waals surface area contributed by atoms with Crippen LogP contribution >= 0.6 is 0 Å². The van der Waals surface area contributed by atoms with Crippen molar-refractivity contribution in [2.45, 2.75) is 38.1 Å². The van der Waals surface area contributed by atoms with Crippen LogP contribution in [-0.4, -0.2) is 44.2 Å². The number of rotatable bonds is 9. The molecule has 1 saturated carbocycles. The van der Waals surface area contributed by atoms with Gasteiger partial charge in [0.15, 0.2) is 0 Å². The molecule has 0 atom stereocenters. The molecule has 0 unspecified atom stereocenters. The first-order chi connectivity index (χ1) is 9.86. The van der Waals surface area contributed by atoms with Crippen molar-refractivity contribution in [3.63, 3.8) is 0 Å². The van der Waals surface area contributed by atoms with Gasteiger partial charge in [-0.2, -0.15) is 0 Å². The number of ether oxygens (including phenoxy) is 1. The van der Waals surface area contributed by atoms with Crippen molar-refractivity contribution in [1.29, 1.82) is 0 Å². The summed E-state index contributed by atoms with van der Waals surface area (Å²) in [4.78, 5) is 2.51. The van der Waals surface area contributed by atoms with Crippen LogP contribution in [0.4, 0.5) is 0 Å². The highest BCUT2D eigenvalue weighted by Crippen LogP contribution is 2.21. The van der Waals surface area contributed by atoms with Crippen LogP contribution in [0.1, 0.15) is 32.1 Å². The van der Waals surface area contributed by atoms with Gasteiger partial charge in [0.1, 0.15) is 5.75 Å². The Morgan fingerprint density at radius 3 is 2.65 bits per heavy atom. The summed E-state index contributed by atoms with van der Waals surface area (Å²) in [5.41, 5.74) is 0. The van der Waals surface area contributed by atoms with Crippen molar-refractivity contribution in [3.05, 3.63) is 30.3 Å². The Balaban J connectivity index is 1.43. The Morgan fingerprint density at radius 2 is 1.90 bits per heavy atom. The van der Waals surface area contributed by atoms with Gasteiger partial charge in [-0.05, 0) is 45.0 Å². The summed E-state index contributed by atoms with van der Waals surface area (Å²) in [6.07, 6.45) is 6.67. The third-order valence-corrected chi connectivity index (χ3v) is 4.10. The second kappa shape index (κ2) is 8.98. The number of nitrogens with one attached hydrogen (secondary N) is 1. The Hall–Kier alpha value is -1.06. The number of nitrogens with zero attached hydrogens (tertiary/aromatic N) is 1. The van der Waals surface area contributed by atoms with E-state index in [9.17, 15) is 0 Å². The minimum absolute atomic E-state index is 0.787. The first-order valence-corrected chi connectivity index (χ1v) is 7.95. The van der Waals surface area contributed by atoms with Crippen LogP contribution in [0.5, 0.6) is 5.75 Å². The van der Waals surface area contributed by atoms with Crippen molar-refractivity contribution in [3.8, 4) is 5.75 Å². The largest absolute Gasteiger partial charge is 0.494 e. The molecule has 0 radical (unpaired) electrons. The highest BCUT2D eigenvalue weighted by atomic mass is 16.5. The number of likely N-dealkylation sites (N-methyl/N-ethyl adjacent to an activating group) is 1. The van der Waals surface area contributed by atoms with Gasteiger partial charge in [-0.1, -0.05) is 31.0 Å². The van der Waals surface area contributed by atoms with E-state index >= 15 is 0 Å². The van der Waals surface area contributed by atoms with Gasteiger partial charge in [-0.3, -0.25) is 0 Å². The monoisotopic (exact) mass is 276 g/mol. The highest BCUT2D eigenvalue weighted by Gasteiger charge is 2.18. The number of benzene rings is 1. The van der Waals surface area contributed by atoms with E-state index in [4.69, 9.17) is 4.74 Å². The lowest BCUT2D eigenvalue weighted by molar-refractivity contribution is 0.244. The summed E-state index contributed by atoms with van der Waals surface area (Å²) < 4.78 is 5.66. The minimum Gasteiger partial charge on any atom is -0.494 e. The molecule has 1 aromatic carbocycles. The second-order valence-electron chi connectivity index (χ2n) is 5.68. The molecule has 0 bridgehead atoms. The summed E-state index contributed by atoms with van der Waals surface area (Å²) in [6, 6.07) is 10.9. The van der Waals surface area contributed by atoms with E-state index in [-0.39, 0.29) is 0 Å². The molecule has 1 fully saturated rings. The van der Waals surface area contributed by atoms with E-state index < -0.39 is 0 Å². The molecule has 3 nitrogen and oxygen atoms in total. The first-order valence-electron chi connectivity index (χ1n) is 7.95. The van der Waals surface area contributed by atoms with Gasteiger partial charge in [0.05, 0.1) is 6.61 Å². The van der Waals surface area contributed by atoms with E-state index in [2.05, 4.69) is 17.3 Å². The molecule has 112 valence electrons. The smallest absolute Gasteiger partial charge is 0.119 e. The fourth-order valence-electron chi connectivity index (χ4n) is 2.81. The van der Waals surface area contributed by atoms with E-state index in [1.54, 1.807) is 0 Å². The SMILES string of the molecule is CN(CCNCCCOc1ccccc1)C1CCCC1. The van der Waals surface area contributed by atoms with E-state index in [1.165, 1.54) is 25.7 Å². The Labute approximate surface area is 123 Å². The van der Waals surface area contributed by atoms with E-state index in [0.717, 1.165) is 44.5 Å². The molecule has 2 rings (SSSR count). The van der Waals surface area contributed by atoms with E-state index in [0.29, 0.717) is 0 Å². The third kappa shape index (κ3) is 5.51. The number of hydrogen-bond donors (Lipinski definition) is 1. The average Bonchev–Trinajstić information content (AvgIpc) is 3.01. The summed E-state index contributed by atoms with van der Waals surface area (Å²) in [5.74, 6) is 0.966. The van der Waals surface area contributed by atoms with Crippen molar-refractivity contribution in [1.82, 2.24) is 10.2 Å². The lowest BCUT2D eigenvalue weighted by Gasteiger charge is -2.23. The zero-order chi connectivity index (χ0) is 14.0. The standard InChI is InChI=1S/C17H28N2O/c1-19(16-8-5-6-9-16)14-13-18-12-7-15-20-17-10-3-2-4-11-17/h2-4,10-11,16,18H,5-9,12-15H2,1H3. The first kappa shape index (κ1) is 15.3. The van der Waals surface area contributed by atoms with Crippen LogP contribution < -0.4 is 10.1 Å². The summed E-state index contributed by atoms with van der Waals surface area (Å²) in [5, 5.41) is 3.50. The maximum atomic E-state index is 5.66. The topological polar surface area (TPSA) is 24.5 Å². The molecule has 0 spiro atoms. The fraction of sp³-hybridized carbons (Fsp3) is 0.647. The quantitative estimate of drug-likeness (QED) is 0.702. The molecule has 1 aromatic rings. The fourth-order valence-corrected chi connectivity index (χ4v) is 2.81. The minimum atomic E-state index is 0.787. The van der Waals surface area contributed by atoms with Crippen molar-refractivity contribution < 1.29 is 4.74 Å². The molecule has 1 N–H and O–H groups in total. The van der Waals surface area contributed by atoms with Crippen LogP contribution in [0, 0.1) is 0 Å². The van der Waals surface area contributed by atoms with Crippen LogP contribution in [-0.2, 0) is 0 Å². The van der Waals surface area contributed by atoms with Crippen molar-refractivity contribution in [2.24, 2.45) is 0 Å². The highest BCUT2D eigenvalue weighted by molar-refractivity contribution is 5.20. The normalized spacial score (nSPS) is 15.9. The van der Waals surface area contributed by atoms with E-state index in [1.807, 2.05) is 30.3 Å². The lowest BCUT2D eigenvalue weighted by atomic mass is 10.2. The summed E-state index contributed by atoms with van der Waals surface area (Å²) in [7, 11) is 2.26. The Kier molecular flexibility index (Phi) is 6.89. The molecule has 0 aliphatic heterocycles. The molecule has 20 heavy (non-hydrogen) atoms. The number of hydrogen-bond acceptors (Lipinski definition) is 3. The van der Waals surface area contributed by atoms with Crippen LogP contribution in [0.2, 0.25) is 0 Å². The van der Waals surface area contributed by atoms with Gasteiger partial charge in [-0.25, -0.2) is 0 Å². The van der Waals surface area contributed by atoms with Gasteiger partial charge in [0.25, 0.3) is 0 Å². The van der Waals surface area contributed by atoms with Crippen molar-refractivity contribution in [2.75, 3.05) is 33.3 Å². The molecule has 0 saturated heterocycles. The zero-order valence-corrected chi connectivity index (χ0v) is 12.7. The maximum Gasteiger partial charge on any atom is 0.119 e. The molecular formula is C17H28N2O. The maximum absolute atomic E-state index is 5.66. The molecule has 1 aliphatic carbocycles. The molecule has 0 aromatic heterocycles. The Bertz CT molecular complexity index is 349. The molecular weight excluding hydrogens is 248 g/mol. The van der Waals surface area contributed by atoms with Crippen LogP contribution in [0.15, 0.2) is 30.3 Å². The van der Waals surface area contributed by atoms with Gasteiger partial charge in [0.2, 0.25) is 0 Å². The zero-order valence-electron chi connectivity index (χ0n) is 12.7. The predicted octanol–water partition coefficient (Wildman–Crippen LogP) is 2.92. The molecule has 0 amide bonds. The molecule has 0 heterocycles. The predicted molar refractivity (Wildman–Crippen MR) is 84.3 cm³/mol. The van der Waals surface area contributed by atoms with Crippen LogP contribution in [0.3, 0.4) is 0 Å². The second-order valence-corrected chi connectivity index (χ2v) is 5.68. The lowest BCUT2D eigenvalue weighted by Crippen LogP contribution is -2.35. The molecule has 3 heteroatoms.